The number of hydrogen-bond acceptors (Lipinski definition) is 4. The molecule has 0 atom stereocenters. The summed E-state index contributed by atoms with van der Waals surface area (Å²) in [5.41, 5.74) is 0.895. The zero-order valence-corrected chi connectivity index (χ0v) is 11.4. The van der Waals surface area contributed by atoms with Crippen LogP contribution in [0.5, 0.6) is 5.75 Å². The van der Waals surface area contributed by atoms with E-state index in [0.717, 1.165) is 5.69 Å². The number of sulfonamides is 1. The van der Waals surface area contributed by atoms with Crippen LogP contribution in [-0.4, -0.2) is 28.6 Å². The molecule has 0 saturated heterocycles. The molecule has 0 radical (unpaired) electrons. The zero-order chi connectivity index (χ0) is 13.2. The molecule has 0 aliphatic heterocycles. The van der Waals surface area contributed by atoms with Crippen molar-refractivity contribution in [3.05, 3.63) is 18.2 Å². The number of hydrogen-bond donors (Lipinski definition) is 2. The monoisotopic (exact) mass is 270 g/mol. The van der Waals surface area contributed by atoms with E-state index in [2.05, 4.69) is 10.0 Å². The smallest absolute Gasteiger partial charge is 0.243 e. The van der Waals surface area contributed by atoms with Crippen molar-refractivity contribution in [2.24, 2.45) is 0 Å². The minimum atomic E-state index is -3.48. The summed E-state index contributed by atoms with van der Waals surface area (Å²) in [4.78, 5) is 0.159. The molecule has 100 valence electrons. The van der Waals surface area contributed by atoms with Crippen molar-refractivity contribution < 1.29 is 13.2 Å². The van der Waals surface area contributed by atoms with E-state index in [4.69, 9.17) is 4.74 Å². The second-order valence-electron chi connectivity index (χ2n) is 4.35. The Kier molecular flexibility index (Phi) is 3.77. The SMILES string of the molecule is CNS(=O)(=O)c1ccc(NC2CCC2)cc1OC. The van der Waals surface area contributed by atoms with Gasteiger partial charge in [0.2, 0.25) is 10.0 Å². The van der Waals surface area contributed by atoms with Crippen LogP contribution in [0.15, 0.2) is 23.1 Å². The van der Waals surface area contributed by atoms with Gasteiger partial charge in [0.1, 0.15) is 10.6 Å². The number of ether oxygens (including phenoxy) is 1. The van der Waals surface area contributed by atoms with Crippen LogP contribution >= 0.6 is 0 Å². The maximum absolute atomic E-state index is 11.8. The van der Waals surface area contributed by atoms with Crippen LogP contribution in [-0.2, 0) is 10.0 Å². The van der Waals surface area contributed by atoms with Gasteiger partial charge in [0, 0.05) is 17.8 Å². The van der Waals surface area contributed by atoms with Gasteiger partial charge in [-0.05, 0) is 38.4 Å². The Balaban J connectivity index is 2.27. The molecule has 1 aliphatic rings. The summed E-state index contributed by atoms with van der Waals surface area (Å²) >= 11 is 0. The summed E-state index contributed by atoms with van der Waals surface area (Å²) in [6, 6.07) is 5.56. The average molecular weight is 270 g/mol. The fourth-order valence-corrected chi connectivity index (χ4v) is 2.75. The summed E-state index contributed by atoms with van der Waals surface area (Å²) in [7, 11) is -0.627. The Labute approximate surface area is 108 Å². The van der Waals surface area contributed by atoms with Gasteiger partial charge >= 0.3 is 0 Å². The van der Waals surface area contributed by atoms with Crippen molar-refractivity contribution in [3.8, 4) is 5.75 Å². The van der Waals surface area contributed by atoms with Crippen molar-refractivity contribution in [2.75, 3.05) is 19.5 Å². The third-order valence-corrected chi connectivity index (χ3v) is 4.65. The van der Waals surface area contributed by atoms with Crippen molar-refractivity contribution >= 4 is 15.7 Å². The fraction of sp³-hybridized carbons (Fsp3) is 0.500. The van der Waals surface area contributed by atoms with Crippen molar-refractivity contribution in [2.45, 2.75) is 30.2 Å². The standard InChI is InChI=1S/C12H18N2O3S/c1-13-18(15,16)12-7-6-10(8-11(12)17-2)14-9-4-3-5-9/h6-9,13-14H,3-5H2,1-2H3. The van der Waals surface area contributed by atoms with Crippen LogP contribution in [0.1, 0.15) is 19.3 Å². The summed E-state index contributed by atoms with van der Waals surface area (Å²) in [6.45, 7) is 0. The van der Waals surface area contributed by atoms with Gasteiger partial charge in [-0.15, -0.1) is 0 Å². The zero-order valence-electron chi connectivity index (χ0n) is 10.6. The second-order valence-corrected chi connectivity index (χ2v) is 6.20. The maximum Gasteiger partial charge on any atom is 0.243 e. The van der Waals surface area contributed by atoms with Gasteiger partial charge in [-0.25, -0.2) is 13.1 Å². The summed E-state index contributed by atoms with van der Waals surface area (Å²) < 4.78 is 31.0. The average Bonchev–Trinajstić information content (AvgIpc) is 2.33. The quantitative estimate of drug-likeness (QED) is 0.852. The molecule has 0 amide bonds. The molecular formula is C12H18N2O3S. The van der Waals surface area contributed by atoms with Gasteiger partial charge in [0.25, 0.3) is 0 Å². The first kappa shape index (κ1) is 13.2. The molecule has 0 spiro atoms. The van der Waals surface area contributed by atoms with Crippen LogP contribution in [0, 0.1) is 0 Å². The van der Waals surface area contributed by atoms with E-state index in [0.29, 0.717) is 11.8 Å². The first-order valence-electron chi connectivity index (χ1n) is 5.95. The molecule has 18 heavy (non-hydrogen) atoms. The van der Waals surface area contributed by atoms with E-state index in [1.807, 2.05) is 0 Å². The first-order valence-corrected chi connectivity index (χ1v) is 7.43. The van der Waals surface area contributed by atoms with Crippen LogP contribution in [0.3, 0.4) is 0 Å². The molecule has 2 N–H and O–H groups in total. The van der Waals surface area contributed by atoms with E-state index in [1.54, 1.807) is 18.2 Å². The Hall–Kier alpha value is -1.27. The van der Waals surface area contributed by atoms with Gasteiger partial charge in [0.15, 0.2) is 0 Å². The first-order chi connectivity index (χ1) is 8.56. The molecule has 5 nitrogen and oxygen atoms in total. The lowest BCUT2D eigenvalue weighted by molar-refractivity contribution is 0.402. The minimum absolute atomic E-state index is 0.159. The number of nitrogens with one attached hydrogen (secondary N) is 2. The third-order valence-electron chi connectivity index (χ3n) is 3.20. The lowest BCUT2D eigenvalue weighted by Gasteiger charge is -2.27. The molecule has 0 aromatic heterocycles. The van der Waals surface area contributed by atoms with E-state index >= 15 is 0 Å². The van der Waals surface area contributed by atoms with Crippen molar-refractivity contribution in [1.82, 2.24) is 4.72 Å². The Morgan fingerprint density at radius 2 is 2.06 bits per heavy atom. The Morgan fingerprint density at radius 3 is 2.56 bits per heavy atom. The van der Waals surface area contributed by atoms with Gasteiger partial charge < -0.3 is 10.1 Å². The van der Waals surface area contributed by atoms with Gasteiger partial charge in [0.05, 0.1) is 7.11 Å². The van der Waals surface area contributed by atoms with Crippen LogP contribution in [0.25, 0.3) is 0 Å². The largest absolute Gasteiger partial charge is 0.495 e. The topological polar surface area (TPSA) is 67.4 Å². The normalized spacial score (nSPS) is 16.1. The van der Waals surface area contributed by atoms with Crippen molar-refractivity contribution in [1.29, 1.82) is 0 Å². The number of rotatable bonds is 5. The van der Waals surface area contributed by atoms with Gasteiger partial charge in [-0.1, -0.05) is 0 Å². The molecule has 6 heteroatoms. The minimum Gasteiger partial charge on any atom is -0.495 e. The van der Waals surface area contributed by atoms with Crippen LogP contribution < -0.4 is 14.8 Å². The van der Waals surface area contributed by atoms with E-state index in [1.165, 1.54) is 33.4 Å². The van der Waals surface area contributed by atoms with E-state index in [9.17, 15) is 8.42 Å². The van der Waals surface area contributed by atoms with Gasteiger partial charge in [-0.3, -0.25) is 0 Å². The van der Waals surface area contributed by atoms with Crippen LogP contribution in [0.4, 0.5) is 5.69 Å². The molecule has 1 saturated carbocycles. The number of anilines is 1. The number of methoxy groups -OCH3 is 1. The highest BCUT2D eigenvalue weighted by Crippen LogP contribution is 2.29. The summed E-state index contributed by atoms with van der Waals surface area (Å²) in [5.74, 6) is 0.355. The lowest BCUT2D eigenvalue weighted by Crippen LogP contribution is -2.27. The van der Waals surface area contributed by atoms with Crippen LogP contribution in [0.2, 0.25) is 0 Å². The lowest BCUT2D eigenvalue weighted by atomic mass is 9.93. The molecule has 0 heterocycles. The molecule has 2 rings (SSSR count). The highest BCUT2D eigenvalue weighted by molar-refractivity contribution is 7.89. The maximum atomic E-state index is 11.8. The fourth-order valence-electron chi connectivity index (χ4n) is 1.88. The van der Waals surface area contributed by atoms with E-state index in [-0.39, 0.29) is 4.90 Å². The molecule has 1 aliphatic carbocycles. The summed E-state index contributed by atoms with van der Waals surface area (Å²) in [5, 5.41) is 3.35. The predicted octanol–water partition coefficient (Wildman–Crippen LogP) is 1.57. The molecule has 1 fully saturated rings. The third kappa shape index (κ3) is 2.59. The predicted molar refractivity (Wildman–Crippen MR) is 70.5 cm³/mol. The summed E-state index contributed by atoms with van der Waals surface area (Å²) in [6.07, 6.45) is 3.58. The Bertz CT molecular complexity index is 524. The molecular weight excluding hydrogens is 252 g/mol. The molecule has 0 bridgehead atoms. The molecule has 1 aromatic carbocycles. The van der Waals surface area contributed by atoms with Gasteiger partial charge in [-0.2, -0.15) is 0 Å². The molecule has 1 aromatic rings. The van der Waals surface area contributed by atoms with E-state index < -0.39 is 10.0 Å². The second kappa shape index (κ2) is 5.16. The Morgan fingerprint density at radius 1 is 1.33 bits per heavy atom. The highest BCUT2D eigenvalue weighted by Gasteiger charge is 2.20. The van der Waals surface area contributed by atoms with Crippen molar-refractivity contribution in [3.63, 3.8) is 0 Å². The molecule has 0 unspecified atom stereocenters. The number of benzene rings is 1. The highest BCUT2D eigenvalue weighted by atomic mass is 32.2.